The number of phenols is 1. The summed E-state index contributed by atoms with van der Waals surface area (Å²) in [4.78, 5) is 80.7. The number of halogens is 1. The van der Waals surface area contributed by atoms with Crippen LogP contribution in [0.25, 0.3) is 0 Å². The predicted octanol–water partition coefficient (Wildman–Crippen LogP) is 6.02. The number of anilines is 2. The number of aromatic hydroxyl groups is 1. The van der Waals surface area contributed by atoms with Gasteiger partial charge in [0.25, 0.3) is 17.7 Å². The van der Waals surface area contributed by atoms with Crippen molar-refractivity contribution in [2.75, 3.05) is 61.8 Å². The monoisotopic (exact) mass is 908 g/mol. The van der Waals surface area contributed by atoms with Crippen LogP contribution in [0.4, 0.5) is 15.2 Å². The lowest BCUT2D eigenvalue weighted by molar-refractivity contribution is -0.137. The number of hydrogen-bond donors (Lipinski definition) is 3. The number of piperidine rings is 2. The van der Waals surface area contributed by atoms with E-state index in [-0.39, 0.29) is 47.9 Å². The Labute approximate surface area is 380 Å². The molecule has 9 rings (SSSR count). The molecule has 5 amide bonds. The van der Waals surface area contributed by atoms with Gasteiger partial charge in [-0.2, -0.15) is 0 Å². The van der Waals surface area contributed by atoms with Crippen LogP contribution >= 0.6 is 23.1 Å². The molecule has 5 aliphatic rings. The maximum atomic E-state index is 14.4. The maximum absolute atomic E-state index is 14.4. The molecule has 0 saturated carbocycles. The van der Waals surface area contributed by atoms with Crippen molar-refractivity contribution in [3.8, 4) is 5.75 Å². The number of hydrogen-bond acceptors (Lipinski definition) is 12. The number of thioether (sulfide) groups is 1. The number of aromatic nitrogens is 1. The molecule has 0 spiro atoms. The van der Waals surface area contributed by atoms with Gasteiger partial charge in [0, 0.05) is 104 Å². The Balaban J connectivity index is 0.693. The number of piperazine rings is 1. The van der Waals surface area contributed by atoms with E-state index in [0.29, 0.717) is 35.3 Å². The first-order valence-corrected chi connectivity index (χ1v) is 24.2. The lowest BCUT2D eigenvalue weighted by atomic mass is 10.0. The van der Waals surface area contributed by atoms with Gasteiger partial charge in [-0.3, -0.25) is 39.5 Å². The second-order valence-electron chi connectivity index (χ2n) is 17.2. The van der Waals surface area contributed by atoms with E-state index in [2.05, 4.69) is 36.4 Å². The quantitative estimate of drug-likeness (QED) is 0.0728. The van der Waals surface area contributed by atoms with E-state index in [4.69, 9.17) is 0 Å². The molecule has 3 aromatic carbocycles. The standard InChI is InChI=1S/C47H53FN8O6S2/c48-31-9-12-39(57)36(26-31)42(44(60)51-47-49-16-25-64-47)56-28-30-8-10-33(27-35(30)46(56)62)53-18-14-32(15-19-53)54-22-20-52(21-23-54)17-3-1-2-4-24-63-40-7-5-6-34-37(40)29-55(45(34)61)38-11-13-41(58)50-43(38)59/h5-10,12,16,25-27,32,38,42,57H,1-4,11,13-15,17-24,28-29H2,(H,49,51,60)(H,50,58,59). The molecule has 3 saturated heterocycles. The number of nitrogens with one attached hydrogen (secondary N) is 2. The molecule has 5 aliphatic heterocycles. The number of nitrogens with zero attached hydrogens (tertiary/aromatic N) is 6. The summed E-state index contributed by atoms with van der Waals surface area (Å²) in [6.07, 6.45) is 8.85. The topological polar surface area (TPSA) is 159 Å². The van der Waals surface area contributed by atoms with Crippen LogP contribution in [0.15, 0.2) is 71.1 Å². The number of rotatable bonds is 15. The molecule has 0 bridgehead atoms. The summed E-state index contributed by atoms with van der Waals surface area (Å²) in [5.41, 5.74) is 3.92. The second-order valence-corrected chi connectivity index (χ2v) is 19.3. The van der Waals surface area contributed by atoms with Gasteiger partial charge in [0.1, 0.15) is 23.7 Å². The molecule has 64 heavy (non-hydrogen) atoms. The molecular formula is C47H53FN8O6S2. The highest BCUT2D eigenvalue weighted by molar-refractivity contribution is 7.99. The smallest absolute Gasteiger partial charge is 0.255 e. The minimum atomic E-state index is -1.27. The van der Waals surface area contributed by atoms with Crippen molar-refractivity contribution in [1.29, 1.82) is 0 Å². The SMILES string of the molecule is O=C1CCC(N2Cc3c(SCCCCCCN4CCN(C5CCN(c6ccc7c(c6)C(=O)N(C(C(=O)Nc6nccs6)c6cc(F)ccc6O)C7)CC5)CC4)cccc3C2=O)C(=O)N1. The normalized spacial score (nSPS) is 20.1. The fourth-order valence-corrected chi connectivity index (χ4v) is 11.5. The fraction of sp³-hybridized carbons (Fsp3) is 0.447. The number of carbonyl (C=O) groups excluding carboxylic acids is 5. The molecule has 1 aromatic heterocycles. The second kappa shape index (κ2) is 19.4. The molecule has 336 valence electrons. The van der Waals surface area contributed by atoms with Gasteiger partial charge >= 0.3 is 0 Å². The molecule has 3 fully saturated rings. The molecule has 3 N–H and O–H groups in total. The first-order chi connectivity index (χ1) is 31.1. The number of benzene rings is 3. The lowest BCUT2D eigenvalue weighted by Gasteiger charge is -2.43. The molecule has 17 heteroatoms. The number of imide groups is 1. The van der Waals surface area contributed by atoms with Gasteiger partial charge in [0.15, 0.2) is 5.13 Å². The van der Waals surface area contributed by atoms with Crippen LogP contribution in [-0.2, 0) is 27.5 Å². The average Bonchev–Trinajstić information content (AvgIpc) is 4.02. The summed E-state index contributed by atoms with van der Waals surface area (Å²) in [7, 11) is 0. The highest BCUT2D eigenvalue weighted by Crippen LogP contribution is 2.39. The van der Waals surface area contributed by atoms with Crippen LogP contribution < -0.4 is 15.5 Å². The Bertz CT molecular complexity index is 2400. The number of phenolic OH excluding ortho intramolecular Hbond substituents is 1. The Morgan fingerprint density at radius 3 is 2.50 bits per heavy atom. The Kier molecular flexibility index (Phi) is 13.3. The fourth-order valence-electron chi connectivity index (χ4n) is 9.88. The highest BCUT2D eigenvalue weighted by atomic mass is 32.2. The number of amides is 5. The Morgan fingerprint density at radius 2 is 1.72 bits per heavy atom. The van der Waals surface area contributed by atoms with Crippen molar-refractivity contribution < 1.29 is 33.5 Å². The van der Waals surface area contributed by atoms with Crippen molar-refractivity contribution in [3.05, 3.63) is 99.8 Å². The molecule has 0 aliphatic carbocycles. The number of fused-ring (bicyclic) bond motifs is 2. The van der Waals surface area contributed by atoms with E-state index < -0.39 is 23.8 Å². The number of thiazole rings is 1. The van der Waals surface area contributed by atoms with Gasteiger partial charge in [-0.15, -0.1) is 23.1 Å². The van der Waals surface area contributed by atoms with Crippen molar-refractivity contribution in [3.63, 3.8) is 0 Å². The van der Waals surface area contributed by atoms with Gasteiger partial charge in [0.2, 0.25) is 11.8 Å². The summed E-state index contributed by atoms with van der Waals surface area (Å²) in [5.74, 6) is -1.64. The van der Waals surface area contributed by atoms with Gasteiger partial charge in [-0.1, -0.05) is 25.0 Å². The van der Waals surface area contributed by atoms with Gasteiger partial charge < -0.3 is 24.7 Å². The van der Waals surface area contributed by atoms with Crippen LogP contribution in [0.2, 0.25) is 0 Å². The van der Waals surface area contributed by atoms with Crippen molar-refractivity contribution in [2.45, 2.75) is 87.5 Å². The third-order valence-corrected chi connectivity index (χ3v) is 15.2. The van der Waals surface area contributed by atoms with Crippen molar-refractivity contribution in [2.24, 2.45) is 0 Å². The van der Waals surface area contributed by atoms with Crippen LogP contribution in [0.3, 0.4) is 0 Å². The summed E-state index contributed by atoms with van der Waals surface area (Å²) >= 11 is 3.01. The zero-order valence-corrected chi connectivity index (χ0v) is 37.3. The maximum Gasteiger partial charge on any atom is 0.255 e. The van der Waals surface area contributed by atoms with Crippen LogP contribution in [-0.4, -0.2) is 123 Å². The third kappa shape index (κ3) is 9.39. The summed E-state index contributed by atoms with van der Waals surface area (Å²) in [6, 6.07) is 13.8. The third-order valence-electron chi connectivity index (χ3n) is 13.4. The lowest BCUT2D eigenvalue weighted by Crippen LogP contribution is -2.53. The van der Waals surface area contributed by atoms with Crippen molar-refractivity contribution >= 4 is 63.5 Å². The molecule has 4 aromatic rings. The summed E-state index contributed by atoms with van der Waals surface area (Å²) in [6.45, 7) is 7.69. The Morgan fingerprint density at radius 1 is 0.906 bits per heavy atom. The van der Waals surface area contributed by atoms with Gasteiger partial charge in [0.05, 0.1) is 0 Å². The van der Waals surface area contributed by atoms with E-state index >= 15 is 0 Å². The number of carbonyl (C=O) groups is 5. The van der Waals surface area contributed by atoms with Crippen LogP contribution in [0.1, 0.15) is 94.8 Å². The molecular weight excluding hydrogens is 856 g/mol. The molecule has 14 nitrogen and oxygen atoms in total. The first-order valence-electron chi connectivity index (χ1n) is 22.3. The van der Waals surface area contributed by atoms with E-state index in [1.165, 1.54) is 35.1 Å². The Hall–Kier alpha value is -5.36. The molecule has 0 radical (unpaired) electrons. The minimum absolute atomic E-state index is 0.0119. The number of unbranched alkanes of at least 4 members (excludes halogenated alkanes) is 3. The molecule has 2 unspecified atom stereocenters. The average molecular weight is 909 g/mol. The van der Waals surface area contributed by atoms with Gasteiger partial charge in [-0.05, 0) is 98.0 Å². The summed E-state index contributed by atoms with van der Waals surface area (Å²) in [5, 5.41) is 17.9. The highest BCUT2D eigenvalue weighted by Gasteiger charge is 2.41. The van der Waals surface area contributed by atoms with Crippen molar-refractivity contribution in [1.82, 2.24) is 29.9 Å². The van der Waals surface area contributed by atoms with Crippen LogP contribution in [0, 0.1) is 5.82 Å². The first kappa shape index (κ1) is 43.9. The zero-order chi connectivity index (χ0) is 44.3. The van der Waals surface area contributed by atoms with E-state index in [1.807, 2.05) is 30.3 Å². The van der Waals surface area contributed by atoms with E-state index in [0.717, 1.165) is 111 Å². The zero-order valence-electron chi connectivity index (χ0n) is 35.7. The van der Waals surface area contributed by atoms with E-state index in [9.17, 15) is 33.5 Å². The molecule has 2 atom stereocenters. The molecule has 6 heterocycles. The van der Waals surface area contributed by atoms with Gasteiger partial charge in [-0.25, -0.2) is 9.37 Å². The largest absolute Gasteiger partial charge is 0.508 e. The predicted molar refractivity (Wildman–Crippen MR) is 243 cm³/mol. The minimum Gasteiger partial charge on any atom is -0.508 e. The van der Waals surface area contributed by atoms with Crippen LogP contribution in [0.5, 0.6) is 5.75 Å². The summed E-state index contributed by atoms with van der Waals surface area (Å²) < 4.78 is 14.4. The van der Waals surface area contributed by atoms with E-state index in [1.54, 1.807) is 28.2 Å².